The second-order valence-corrected chi connectivity index (χ2v) is 10.5. The SMILES string of the molecule is CCCS(=O)(=O)Nc1c(F)ccc(-c2nn(C(C)C)cc2-c2ccnc(NC[C@H](C)NC(=O)O)n2)c1F. The first kappa shape index (κ1) is 27.8. The molecule has 3 aromatic rings. The molecule has 0 saturated heterocycles. The Morgan fingerprint density at radius 2 is 1.89 bits per heavy atom. The summed E-state index contributed by atoms with van der Waals surface area (Å²) in [5.41, 5.74) is 0.0184. The van der Waals surface area contributed by atoms with Gasteiger partial charge in [-0.1, -0.05) is 6.92 Å². The van der Waals surface area contributed by atoms with Crippen LogP contribution in [0.25, 0.3) is 22.5 Å². The van der Waals surface area contributed by atoms with E-state index < -0.39 is 39.5 Å². The summed E-state index contributed by atoms with van der Waals surface area (Å²) in [6.45, 7) is 7.26. The number of benzene rings is 1. The molecule has 0 aliphatic rings. The van der Waals surface area contributed by atoms with Crippen molar-refractivity contribution in [1.29, 1.82) is 0 Å². The Hall–Kier alpha value is -3.81. The highest BCUT2D eigenvalue weighted by Crippen LogP contribution is 2.36. The standard InChI is InChI=1S/C23H29F2N7O4S/c1-5-10-37(35,36)31-21-17(24)7-6-15(19(21)25)20-16(12-32(30-20)13(2)3)18-8-9-26-22(29-18)27-11-14(4)28-23(33)34/h6-9,12-14,28,31H,5,10-11H2,1-4H3,(H,33,34)(H,26,27,29)/t14-/m0/s1. The van der Waals surface area contributed by atoms with E-state index in [4.69, 9.17) is 5.11 Å². The molecule has 2 aromatic heterocycles. The number of rotatable bonds is 11. The molecule has 37 heavy (non-hydrogen) atoms. The van der Waals surface area contributed by atoms with E-state index in [9.17, 15) is 17.6 Å². The number of aromatic nitrogens is 4. The van der Waals surface area contributed by atoms with Crippen LogP contribution in [0.2, 0.25) is 0 Å². The Bertz CT molecular complexity index is 1380. The second-order valence-electron chi connectivity index (χ2n) is 8.67. The summed E-state index contributed by atoms with van der Waals surface area (Å²) in [7, 11) is -3.95. The predicted molar refractivity (Wildman–Crippen MR) is 136 cm³/mol. The maximum atomic E-state index is 15.6. The third kappa shape index (κ3) is 6.90. The molecule has 14 heteroatoms. The van der Waals surface area contributed by atoms with E-state index in [1.54, 1.807) is 30.8 Å². The number of anilines is 2. The molecule has 0 spiro atoms. The summed E-state index contributed by atoms with van der Waals surface area (Å²) in [6.07, 6.45) is 2.25. The van der Waals surface area contributed by atoms with Crippen molar-refractivity contribution in [2.75, 3.05) is 22.3 Å². The second kappa shape index (κ2) is 11.5. The third-order valence-corrected chi connectivity index (χ3v) is 6.67. The van der Waals surface area contributed by atoms with E-state index in [-0.39, 0.29) is 42.0 Å². The van der Waals surface area contributed by atoms with Crippen LogP contribution in [0, 0.1) is 11.6 Å². The van der Waals surface area contributed by atoms with Crippen molar-refractivity contribution in [1.82, 2.24) is 25.1 Å². The smallest absolute Gasteiger partial charge is 0.404 e. The van der Waals surface area contributed by atoms with E-state index in [1.165, 1.54) is 12.3 Å². The van der Waals surface area contributed by atoms with Gasteiger partial charge in [0.1, 0.15) is 17.2 Å². The van der Waals surface area contributed by atoms with Crippen LogP contribution in [-0.2, 0) is 10.0 Å². The molecule has 11 nitrogen and oxygen atoms in total. The third-order valence-electron chi connectivity index (χ3n) is 5.21. The van der Waals surface area contributed by atoms with Crippen molar-refractivity contribution in [2.45, 2.75) is 46.2 Å². The summed E-state index contributed by atoms with van der Waals surface area (Å²) in [6, 6.07) is 3.22. The van der Waals surface area contributed by atoms with Gasteiger partial charge < -0.3 is 15.7 Å². The lowest BCUT2D eigenvalue weighted by Gasteiger charge is -2.13. The van der Waals surface area contributed by atoms with Crippen molar-refractivity contribution in [3.8, 4) is 22.5 Å². The summed E-state index contributed by atoms with van der Waals surface area (Å²) >= 11 is 0. The van der Waals surface area contributed by atoms with Crippen LogP contribution in [0.3, 0.4) is 0 Å². The minimum atomic E-state index is -3.95. The summed E-state index contributed by atoms with van der Waals surface area (Å²) in [4.78, 5) is 19.4. The molecule has 0 saturated carbocycles. The molecule has 1 amide bonds. The van der Waals surface area contributed by atoms with Gasteiger partial charge in [-0.2, -0.15) is 5.10 Å². The molecule has 0 aliphatic carbocycles. The molecule has 1 atom stereocenters. The van der Waals surface area contributed by atoms with Crippen LogP contribution in [0.4, 0.5) is 25.2 Å². The number of amides is 1. The Balaban J connectivity index is 2.05. The van der Waals surface area contributed by atoms with Gasteiger partial charge in [0.05, 0.1) is 11.4 Å². The Labute approximate surface area is 213 Å². The fourth-order valence-corrected chi connectivity index (χ4v) is 4.58. The van der Waals surface area contributed by atoms with E-state index in [0.29, 0.717) is 11.3 Å². The minimum Gasteiger partial charge on any atom is -0.465 e. The van der Waals surface area contributed by atoms with Crippen molar-refractivity contribution in [3.63, 3.8) is 0 Å². The molecular formula is C23H29F2N7O4S. The Morgan fingerprint density at radius 3 is 2.54 bits per heavy atom. The fourth-order valence-electron chi connectivity index (χ4n) is 3.45. The maximum Gasteiger partial charge on any atom is 0.404 e. The van der Waals surface area contributed by atoms with Gasteiger partial charge >= 0.3 is 6.09 Å². The summed E-state index contributed by atoms with van der Waals surface area (Å²) < 4.78 is 58.1. The first-order valence-electron chi connectivity index (χ1n) is 11.6. The van der Waals surface area contributed by atoms with Crippen LogP contribution >= 0.6 is 0 Å². The van der Waals surface area contributed by atoms with Gasteiger partial charge in [0.25, 0.3) is 0 Å². The largest absolute Gasteiger partial charge is 0.465 e. The first-order chi connectivity index (χ1) is 17.4. The molecule has 0 radical (unpaired) electrons. The van der Waals surface area contributed by atoms with E-state index in [1.807, 2.05) is 18.6 Å². The number of nitrogens with one attached hydrogen (secondary N) is 3. The van der Waals surface area contributed by atoms with Gasteiger partial charge in [-0.3, -0.25) is 9.40 Å². The Kier molecular flexibility index (Phi) is 8.63. The lowest BCUT2D eigenvalue weighted by molar-refractivity contribution is 0.191. The number of carbonyl (C=O) groups is 1. The van der Waals surface area contributed by atoms with E-state index >= 15 is 4.39 Å². The molecule has 0 fully saturated rings. The van der Waals surface area contributed by atoms with Crippen LogP contribution < -0.4 is 15.4 Å². The normalized spacial score (nSPS) is 12.4. The number of hydrogen-bond acceptors (Lipinski definition) is 7. The number of sulfonamides is 1. The molecule has 4 N–H and O–H groups in total. The van der Waals surface area contributed by atoms with Crippen LogP contribution in [-0.4, -0.2) is 57.7 Å². The lowest BCUT2D eigenvalue weighted by Crippen LogP contribution is -2.36. The predicted octanol–water partition coefficient (Wildman–Crippen LogP) is 4.09. The molecule has 1 aromatic carbocycles. The fraction of sp³-hybridized carbons (Fsp3) is 0.391. The van der Waals surface area contributed by atoms with Crippen molar-refractivity contribution >= 4 is 27.8 Å². The molecule has 0 unspecified atom stereocenters. The average molecular weight is 538 g/mol. The maximum absolute atomic E-state index is 15.6. The van der Waals surface area contributed by atoms with Gasteiger partial charge in [0.15, 0.2) is 5.82 Å². The average Bonchev–Trinajstić information content (AvgIpc) is 3.26. The monoisotopic (exact) mass is 537 g/mol. The van der Waals surface area contributed by atoms with Crippen molar-refractivity contribution in [3.05, 3.63) is 42.2 Å². The molecule has 2 heterocycles. The topological polar surface area (TPSA) is 151 Å². The number of hydrogen-bond donors (Lipinski definition) is 4. The van der Waals surface area contributed by atoms with E-state index in [2.05, 4.69) is 25.7 Å². The van der Waals surface area contributed by atoms with Crippen LogP contribution in [0.5, 0.6) is 0 Å². The van der Waals surface area contributed by atoms with Gasteiger partial charge in [0.2, 0.25) is 16.0 Å². The molecule has 0 bridgehead atoms. The molecular weight excluding hydrogens is 508 g/mol. The van der Waals surface area contributed by atoms with E-state index in [0.717, 1.165) is 6.07 Å². The van der Waals surface area contributed by atoms with Crippen molar-refractivity contribution in [2.24, 2.45) is 0 Å². The molecule has 3 rings (SSSR count). The number of carboxylic acid groups (broad SMARTS) is 1. The molecule has 0 aliphatic heterocycles. The van der Waals surface area contributed by atoms with Crippen molar-refractivity contribution < 1.29 is 27.1 Å². The van der Waals surface area contributed by atoms with Gasteiger partial charge in [-0.15, -0.1) is 0 Å². The van der Waals surface area contributed by atoms with Crippen LogP contribution in [0.15, 0.2) is 30.6 Å². The highest BCUT2D eigenvalue weighted by atomic mass is 32.2. The molecule has 200 valence electrons. The van der Waals surface area contributed by atoms with Gasteiger partial charge in [-0.05, 0) is 45.4 Å². The summed E-state index contributed by atoms with van der Waals surface area (Å²) in [5.74, 6) is -2.24. The number of halogens is 2. The first-order valence-corrected chi connectivity index (χ1v) is 13.2. The number of nitrogens with zero attached hydrogens (tertiary/aromatic N) is 4. The minimum absolute atomic E-state index is 0.110. The highest BCUT2D eigenvalue weighted by Gasteiger charge is 2.24. The Morgan fingerprint density at radius 1 is 1.16 bits per heavy atom. The zero-order valence-electron chi connectivity index (χ0n) is 20.8. The zero-order chi connectivity index (χ0) is 27.3. The highest BCUT2D eigenvalue weighted by molar-refractivity contribution is 7.92. The summed E-state index contributed by atoms with van der Waals surface area (Å²) in [5, 5.41) is 18.6. The zero-order valence-corrected chi connectivity index (χ0v) is 21.6. The van der Waals surface area contributed by atoms with Gasteiger partial charge in [-0.25, -0.2) is 32.0 Å². The quantitative estimate of drug-likeness (QED) is 0.286. The lowest BCUT2D eigenvalue weighted by atomic mass is 10.0. The van der Waals surface area contributed by atoms with Crippen LogP contribution in [0.1, 0.15) is 40.2 Å². The van der Waals surface area contributed by atoms with Gasteiger partial charge in [0, 0.05) is 42.1 Å².